The summed E-state index contributed by atoms with van der Waals surface area (Å²) in [6.07, 6.45) is 0. The summed E-state index contributed by atoms with van der Waals surface area (Å²) in [5, 5.41) is 4.99. The topological polar surface area (TPSA) is 52.3 Å². The van der Waals surface area contributed by atoms with Crippen LogP contribution < -0.4 is 8.96 Å². The molecule has 0 fully saturated rings. The van der Waals surface area contributed by atoms with Gasteiger partial charge in [0.2, 0.25) is 0 Å². The van der Waals surface area contributed by atoms with E-state index in [4.69, 9.17) is 9.26 Å². The summed E-state index contributed by atoms with van der Waals surface area (Å²) in [4.78, 5) is 18.8. The first-order valence-electron chi connectivity index (χ1n) is 6.26. The van der Waals surface area contributed by atoms with Crippen LogP contribution in [0.2, 0.25) is 34.5 Å². The van der Waals surface area contributed by atoms with Crippen molar-refractivity contribution in [1.82, 2.24) is 5.16 Å². The second-order valence-electron chi connectivity index (χ2n) is 6.46. The van der Waals surface area contributed by atoms with Gasteiger partial charge in [-0.15, -0.1) is 0 Å². The van der Waals surface area contributed by atoms with Crippen molar-refractivity contribution in [3.8, 4) is 0 Å². The summed E-state index contributed by atoms with van der Waals surface area (Å²) in [5.41, 5.74) is 0.428. The molecule has 1 aromatic heterocycles. The Morgan fingerprint density at radius 1 is 1.33 bits per heavy atom. The van der Waals surface area contributed by atoms with Gasteiger partial charge in [0, 0.05) is 0 Å². The zero-order valence-corrected chi connectivity index (χ0v) is 16.2. The number of nitrogens with zero attached hydrogens (tertiary/aromatic N) is 1. The van der Waals surface area contributed by atoms with Crippen LogP contribution in [-0.4, -0.2) is 44.2 Å². The zero-order chi connectivity index (χ0) is 14.1. The third-order valence-corrected chi connectivity index (χ3v) is 10.6. The third kappa shape index (κ3) is 3.37. The molecule has 4 nitrogen and oxygen atoms in total. The van der Waals surface area contributed by atoms with Gasteiger partial charge < -0.3 is 0 Å². The molecule has 0 bridgehead atoms. The van der Waals surface area contributed by atoms with Crippen molar-refractivity contribution >= 4 is 41.4 Å². The molecule has 1 aromatic rings. The SMILES string of the molecule is CCOC(=O)c1noc([Si](C)(C)C)[c]1[Sn]([CH3])([CH3])[CH3]. The van der Waals surface area contributed by atoms with E-state index in [9.17, 15) is 4.79 Å². The Labute approximate surface area is 114 Å². The van der Waals surface area contributed by atoms with Crippen LogP contribution in [0, 0.1) is 0 Å². The molecular weight excluding hydrogens is 353 g/mol. The van der Waals surface area contributed by atoms with Crippen LogP contribution in [0.25, 0.3) is 0 Å². The van der Waals surface area contributed by atoms with E-state index in [0.717, 1.165) is 8.96 Å². The molecule has 0 saturated carbocycles. The number of ether oxygens (including phenoxy) is 1. The van der Waals surface area contributed by atoms with Gasteiger partial charge in [0.1, 0.15) is 0 Å². The normalized spacial score (nSPS) is 12.6. The Balaban J connectivity index is 3.39. The Morgan fingerprint density at radius 2 is 1.89 bits per heavy atom. The van der Waals surface area contributed by atoms with Gasteiger partial charge in [-0.25, -0.2) is 0 Å². The summed E-state index contributed by atoms with van der Waals surface area (Å²) >= 11 is -2.47. The number of hydrogen-bond donors (Lipinski definition) is 0. The number of carbonyl (C=O) groups is 1. The molecule has 0 aromatic carbocycles. The Kier molecular flexibility index (Phi) is 4.69. The Hall–Kier alpha value is -0.304. The molecule has 1 rings (SSSR count). The van der Waals surface area contributed by atoms with Crippen molar-refractivity contribution in [3.05, 3.63) is 5.69 Å². The second-order valence-corrected chi connectivity index (χ2v) is 25.7. The number of esters is 1. The first-order valence-corrected chi connectivity index (χ1v) is 19.8. The molecule has 0 spiro atoms. The van der Waals surface area contributed by atoms with Crippen LogP contribution >= 0.6 is 0 Å². The fraction of sp³-hybridized carbons (Fsp3) is 0.667. The first-order chi connectivity index (χ1) is 8.09. The Bertz CT molecular complexity index is 443. The summed E-state index contributed by atoms with van der Waals surface area (Å²) < 4.78 is 11.7. The minimum atomic E-state index is -2.47. The van der Waals surface area contributed by atoms with E-state index in [0.29, 0.717) is 12.3 Å². The van der Waals surface area contributed by atoms with Crippen LogP contribution in [0.1, 0.15) is 17.4 Å². The van der Waals surface area contributed by atoms with Gasteiger partial charge in [-0.3, -0.25) is 0 Å². The average molecular weight is 376 g/mol. The van der Waals surface area contributed by atoms with Crippen LogP contribution in [-0.2, 0) is 4.74 Å². The van der Waals surface area contributed by atoms with Gasteiger partial charge in [-0.1, -0.05) is 0 Å². The van der Waals surface area contributed by atoms with Crippen molar-refractivity contribution in [2.24, 2.45) is 0 Å². The molecule has 0 unspecified atom stereocenters. The van der Waals surface area contributed by atoms with Gasteiger partial charge in [-0.05, 0) is 0 Å². The predicted octanol–water partition coefficient (Wildman–Crippen LogP) is 1.94. The fourth-order valence-electron chi connectivity index (χ4n) is 1.84. The van der Waals surface area contributed by atoms with Crippen molar-refractivity contribution in [2.45, 2.75) is 41.4 Å². The molecule has 0 aliphatic carbocycles. The van der Waals surface area contributed by atoms with Gasteiger partial charge in [-0.2, -0.15) is 0 Å². The van der Waals surface area contributed by atoms with E-state index in [1.165, 1.54) is 0 Å². The third-order valence-electron chi connectivity index (χ3n) is 2.59. The molecular formula is C12H23NO3SiSn. The molecule has 0 atom stereocenters. The quantitative estimate of drug-likeness (QED) is 0.596. The Morgan fingerprint density at radius 3 is 2.28 bits per heavy atom. The number of hydrogen-bond acceptors (Lipinski definition) is 4. The number of aromatic nitrogens is 1. The number of rotatable bonds is 4. The van der Waals surface area contributed by atoms with E-state index in [1.807, 2.05) is 0 Å². The molecule has 18 heavy (non-hydrogen) atoms. The van der Waals surface area contributed by atoms with Gasteiger partial charge in [0.15, 0.2) is 0 Å². The van der Waals surface area contributed by atoms with Crippen molar-refractivity contribution < 1.29 is 14.1 Å². The van der Waals surface area contributed by atoms with Gasteiger partial charge >= 0.3 is 114 Å². The zero-order valence-electron chi connectivity index (χ0n) is 12.4. The second kappa shape index (κ2) is 5.36. The monoisotopic (exact) mass is 377 g/mol. The maximum atomic E-state index is 12.0. The fourth-order valence-corrected chi connectivity index (χ4v) is 13.3. The van der Waals surface area contributed by atoms with Crippen LogP contribution in [0.4, 0.5) is 0 Å². The van der Waals surface area contributed by atoms with Crippen LogP contribution in [0.3, 0.4) is 0 Å². The maximum absolute atomic E-state index is 12.0. The predicted molar refractivity (Wildman–Crippen MR) is 78.4 cm³/mol. The standard InChI is InChI=1S/C9H14NO3Si.3CH3.Sn/c1-5-12-9(11)7-6-8(13-10-7)14(2,3)4;;;;/h5H2,1-4H3;3*1H3;. The van der Waals surface area contributed by atoms with E-state index in [1.54, 1.807) is 6.92 Å². The summed E-state index contributed by atoms with van der Waals surface area (Å²) in [7, 11) is -1.62. The van der Waals surface area contributed by atoms with E-state index < -0.39 is 26.5 Å². The average Bonchev–Trinajstić information content (AvgIpc) is 2.60. The van der Waals surface area contributed by atoms with E-state index >= 15 is 0 Å². The minimum absolute atomic E-state index is 0.340. The van der Waals surface area contributed by atoms with E-state index in [2.05, 4.69) is 39.6 Å². The van der Waals surface area contributed by atoms with Gasteiger partial charge in [0.05, 0.1) is 0 Å². The summed E-state index contributed by atoms with van der Waals surface area (Å²) in [6, 6.07) is 0. The van der Waals surface area contributed by atoms with Gasteiger partial charge in [0.25, 0.3) is 0 Å². The molecule has 0 aliphatic heterocycles. The molecule has 0 radical (unpaired) electrons. The molecule has 0 saturated heterocycles. The van der Waals surface area contributed by atoms with E-state index in [-0.39, 0.29) is 5.97 Å². The molecule has 6 heteroatoms. The molecule has 1 heterocycles. The number of carbonyl (C=O) groups excluding carboxylic acids is 1. The van der Waals surface area contributed by atoms with Crippen LogP contribution in [0.5, 0.6) is 0 Å². The van der Waals surface area contributed by atoms with Crippen molar-refractivity contribution in [3.63, 3.8) is 0 Å². The molecule has 102 valence electrons. The van der Waals surface area contributed by atoms with Crippen LogP contribution in [0.15, 0.2) is 4.52 Å². The first kappa shape index (κ1) is 15.8. The molecule has 0 aliphatic rings. The summed E-state index contributed by atoms with van der Waals surface area (Å²) in [6.45, 7) is 8.81. The molecule has 0 N–H and O–H groups in total. The van der Waals surface area contributed by atoms with Crippen molar-refractivity contribution in [2.75, 3.05) is 6.61 Å². The summed E-state index contributed by atoms with van der Waals surface area (Å²) in [5.74, 6) is -0.340. The molecule has 0 amide bonds. The van der Waals surface area contributed by atoms with Crippen molar-refractivity contribution in [1.29, 1.82) is 0 Å².